The van der Waals surface area contributed by atoms with Crippen molar-refractivity contribution >= 4 is 6.21 Å². The summed E-state index contributed by atoms with van der Waals surface area (Å²) in [4.78, 5) is 16.5. The van der Waals surface area contributed by atoms with E-state index in [-0.39, 0.29) is 5.56 Å². The normalized spacial score (nSPS) is 10.9. The van der Waals surface area contributed by atoms with Gasteiger partial charge in [0.25, 0.3) is 5.56 Å². The van der Waals surface area contributed by atoms with Gasteiger partial charge in [0.2, 0.25) is 0 Å². The van der Waals surface area contributed by atoms with Crippen molar-refractivity contribution in [2.75, 3.05) is 7.11 Å². The molecule has 5 heteroatoms. The van der Waals surface area contributed by atoms with Gasteiger partial charge in [-0.2, -0.15) is 0 Å². The fourth-order valence-corrected chi connectivity index (χ4v) is 1.62. The standard InChI is InChI=1S/C12H13N3O2/c1-15-12(16)10(8-13-17-2)11(14-15)9-6-4-3-5-7-9/h3-8,14H,1-2H3/b13-8+. The number of hydrogen-bond donors (Lipinski definition) is 1. The summed E-state index contributed by atoms with van der Waals surface area (Å²) in [6.45, 7) is 0. The van der Waals surface area contributed by atoms with Crippen LogP contribution in [-0.4, -0.2) is 23.1 Å². The molecule has 0 aliphatic heterocycles. The van der Waals surface area contributed by atoms with E-state index in [0.717, 1.165) is 11.3 Å². The van der Waals surface area contributed by atoms with E-state index in [4.69, 9.17) is 0 Å². The Morgan fingerprint density at radius 1 is 1.35 bits per heavy atom. The average molecular weight is 231 g/mol. The minimum absolute atomic E-state index is 0.135. The fraction of sp³-hybridized carbons (Fsp3) is 0.167. The Labute approximate surface area is 98.3 Å². The summed E-state index contributed by atoms with van der Waals surface area (Å²) in [7, 11) is 3.11. The first-order chi connectivity index (χ1) is 8.24. The molecule has 0 unspecified atom stereocenters. The Bertz CT molecular complexity index is 582. The zero-order valence-electron chi connectivity index (χ0n) is 9.68. The van der Waals surface area contributed by atoms with Gasteiger partial charge in [0.1, 0.15) is 7.11 Å². The van der Waals surface area contributed by atoms with Crippen molar-refractivity contribution in [2.24, 2.45) is 12.2 Å². The number of oxime groups is 1. The second-order valence-electron chi connectivity index (χ2n) is 3.55. The third-order valence-electron chi connectivity index (χ3n) is 2.43. The van der Waals surface area contributed by atoms with Gasteiger partial charge >= 0.3 is 0 Å². The van der Waals surface area contributed by atoms with Crippen LogP contribution in [0.5, 0.6) is 0 Å². The highest BCUT2D eigenvalue weighted by Crippen LogP contribution is 2.17. The molecule has 5 nitrogen and oxygen atoms in total. The van der Waals surface area contributed by atoms with E-state index in [2.05, 4.69) is 15.1 Å². The van der Waals surface area contributed by atoms with Gasteiger partial charge in [0, 0.05) is 12.6 Å². The van der Waals surface area contributed by atoms with E-state index >= 15 is 0 Å². The molecule has 0 bridgehead atoms. The molecule has 0 saturated carbocycles. The molecule has 1 aromatic carbocycles. The van der Waals surface area contributed by atoms with Crippen molar-refractivity contribution in [3.05, 3.63) is 46.2 Å². The van der Waals surface area contributed by atoms with Crippen molar-refractivity contribution in [3.63, 3.8) is 0 Å². The molecular weight excluding hydrogens is 218 g/mol. The van der Waals surface area contributed by atoms with E-state index in [1.807, 2.05) is 30.3 Å². The Morgan fingerprint density at radius 3 is 2.71 bits per heavy atom. The van der Waals surface area contributed by atoms with Gasteiger partial charge in [-0.1, -0.05) is 35.5 Å². The largest absolute Gasteiger partial charge is 0.399 e. The van der Waals surface area contributed by atoms with E-state index in [0.29, 0.717) is 5.56 Å². The highest BCUT2D eigenvalue weighted by atomic mass is 16.6. The van der Waals surface area contributed by atoms with Crippen LogP contribution in [0.25, 0.3) is 11.3 Å². The number of aromatic nitrogens is 2. The second-order valence-corrected chi connectivity index (χ2v) is 3.55. The quantitative estimate of drug-likeness (QED) is 0.640. The van der Waals surface area contributed by atoms with Gasteiger partial charge in [-0.3, -0.25) is 14.6 Å². The summed E-state index contributed by atoms with van der Waals surface area (Å²) >= 11 is 0. The van der Waals surface area contributed by atoms with Gasteiger partial charge in [-0.05, 0) is 0 Å². The summed E-state index contributed by atoms with van der Waals surface area (Å²) in [6, 6.07) is 9.61. The fourth-order valence-electron chi connectivity index (χ4n) is 1.62. The maximum atomic E-state index is 11.9. The van der Waals surface area contributed by atoms with Gasteiger partial charge in [-0.15, -0.1) is 0 Å². The number of aromatic amines is 1. The first-order valence-corrected chi connectivity index (χ1v) is 5.15. The molecule has 0 radical (unpaired) electrons. The number of H-pyrrole nitrogens is 1. The molecule has 0 atom stereocenters. The van der Waals surface area contributed by atoms with E-state index < -0.39 is 0 Å². The average Bonchev–Trinajstić information content (AvgIpc) is 2.65. The maximum absolute atomic E-state index is 11.9. The lowest BCUT2D eigenvalue weighted by Crippen LogP contribution is -2.14. The van der Waals surface area contributed by atoms with Gasteiger partial charge < -0.3 is 4.84 Å². The molecule has 17 heavy (non-hydrogen) atoms. The molecule has 1 aromatic heterocycles. The van der Waals surface area contributed by atoms with Gasteiger partial charge in [0.05, 0.1) is 17.5 Å². The van der Waals surface area contributed by atoms with Crippen molar-refractivity contribution in [1.82, 2.24) is 9.78 Å². The third kappa shape index (κ3) is 2.13. The molecule has 2 rings (SSSR count). The van der Waals surface area contributed by atoms with Crippen LogP contribution in [0, 0.1) is 0 Å². The van der Waals surface area contributed by atoms with E-state index in [9.17, 15) is 4.79 Å². The van der Waals surface area contributed by atoms with Crippen LogP contribution in [0.15, 0.2) is 40.3 Å². The topological polar surface area (TPSA) is 59.4 Å². The second kappa shape index (κ2) is 4.69. The van der Waals surface area contributed by atoms with Crippen LogP contribution in [0.3, 0.4) is 0 Å². The number of nitrogens with one attached hydrogen (secondary N) is 1. The monoisotopic (exact) mass is 231 g/mol. The Kier molecular flexibility index (Phi) is 3.09. The lowest BCUT2D eigenvalue weighted by Gasteiger charge is -1.98. The van der Waals surface area contributed by atoms with Crippen molar-refractivity contribution in [2.45, 2.75) is 0 Å². The van der Waals surface area contributed by atoms with Crippen LogP contribution in [0.1, 0.15) is 5.56 Å². The van der Waals surface area contributed by atoms with Crippen LogP contribution in [0.4, 0.5) is 0 Å². The van der Waals surface area contributed by atoms with Crippen LogP contribution >= 0.6 is 0 Å². The maximum Gasteiger partial charge on any atom is 0.275 e. The smallest absolute Gasteiger partial charge is 0.275 e. The first kappa shape index (κ1) is 11.2. The number of benzene rings is 1. The predicted molar refractivity (Wildman–Crippen MR) is 66.1 cm³/mol. The molecule has 0 fully saturated rings. The summed E-state index contributed by atoms with van der Waals surface area (Å²) in [5.74, 6) is 0. The van der Waals surface area contributed by atoms with E-state index in [1.165, 1.54) is 18.0 Å². The summed E-state index contributed by atoms with van der Waals surface area (Å²) in [6.07, 6.45) is 1.42. The zero-order chi connectivity index (χ0) is 12.3. The molecule has 88 valence electrons. The Morgan fingerprint density at radius 2 is 2.06 bits per heavy atom. The summed E-state index contributed by atoms with van der Waals surface area (Å²) < 4.78 is 1.42. The van der Waals surface area contributed by atoms with Gasteiger partial charge in [0.15, 0.2) is 0 Å². The van der Waals surface area contributed by atoms with Crippen molar-refractivity contribution < 1.29 is 4.84 Å². The first-order valence-electron chi connectivity index (χ1n) is 5.15. The SMILES string of the molecule is CO/N=C/c1c(-c2ccccc2)[nH]n(C)c1=O. The molecule has 0 amide bonds. The van der Waals surface area contributed by atoms with Gasteiger partial charge in [-0.25, -0.2) is 0 Å². The van der Waals surface area contributed by atoms with Crippen LogP contribution in [0.2, 0.25) is 0 Å². The lowest BCUT2D eigenvalue weighted by molar-refractivity contribution is 0.215. The number of rotatable bonds is 3. The van der Waals surface area contributed by atoms with Crippen molar-refractivity contribution in [3.8, 4) is 11.3 Å². The van der Waals surface area contributed by atoms with Crippen LogP contribution in [-0.2, 0) is 11.9 Å². The van der Waals surface area contributed by atoms with Crippen molar-refractivity contribution in [1.29, 1.82) is 0 Å². The molecule has 2 aromatic rings. The molecule has 1 heterocycles. The molecule has 0 aliphatic carbocycles. The number of aryl methyl sites for hydroxylation is 1. The molecule has 0 aliphatic rings. The predicted octanol–water partition coefficient (Wildman–Crippen LogP) is 1.36. The van der Waals surface area contributed by atoms with Crippen LogP contribution < -0.4 is 5.56 Å². The Balaban J connectivity index is 2.58. The summed E-state index contributed by atoms with van der Waals surface area (Å²) in [5, 5.41) is 6.64. The highest BCUT2D eigenvalue weighted by molar-refractivity contribution is 5.88. The lowest BCUT2D eigenvalue weighted by atomic mass is 10.1. The molecule has 1 N–H and O–H groups in total. The minimum atomic E-state index is -0.135. The Hall–Kier alpha value is -2.30. The third-order valence-corrected chi connectivity index (χ3v) is 2.43. The highest BCUT2D eigenvalue weighted by Gasteiger charge is 2.11. The summed E-state index contributed by atoms with van der Waals surface area (Å²) in [5.41, 5.74) is 2.02. The number of hydrogen-bond acceptors (Lipinski definition) is 3. The van der Waals surface area contributed by atoms with E-state index in [1.54, 1.807) is 7.05 Å². The minimum Gasteiger partial charge on any atom is -0.399 e. The molecule has 0 spiro atoms. The molecule has 0 saturated heterocycles. The molecular formula is C12H13N3O2. The zero-order valence-corrected chi connectivity index (χ0v) is 9.68. The number of nitrogens with zero attached hydrogens (tertiary/aromatic N) is 2.